The Bertz CT molecular complexity index is 1110. The quantitative estimate of drug-likeness (QED) is 0.409. The van der Waals surface area contributed by atoms with Gasteiger partial charge < -0.3 is 5.32 Å². The number of nitrogens with one attached hydrogen (secondary N) is 1. The van der Waals surface area contributed by atoms with E-state index in [2.05, 4.69) is 49.1 Å². The highest BCUT2D eigenvalue weighted by atomic mass is 35.5. The number of benzene rings is 2. The van der Waals surface area contributed by atoms with Crippen molar-refractivity contribution in [3.63, 3.8) is 0 Å². The number of nitrogens with zero attached hydrogens (tertiary/aromatic N) is 1. The van der Waals surface area contributed by atoms with Gasteiger partial charge >= 0.3 is 0 Å². The molecule has 134 valence electrons. The van der Waals surface area contributed by atoms with Crippen LogP contribution in [0.4, 0.5) is 5.69 Å². The molecular weight excluding hydrogens is 403 g/mol. The molecule has 26 heavy (non-hydrogen) atoms. The van der Waals surface area contributed by atoms with E-state index in [4.69, 9.17) is 35.4 Å². The molecule has 0 saturated carbocycles. The van der Waals surface area contributed by atoms with E-state index in [-0.39, 0.29) is 5.54 Å². The Hall–Kier alpha value is -1.33. The van der Waals surface area contributed by atoms with Gasteiger partial charge in [0, 0.05) is 16.8 Å². The van der Waals surface area contributed by atoms with E-state index < -0.39 is 0 Å². The number of aryl methyl sites for hydroxylation is 2. The van der Waals surface area contributed by atoms with E-state index in [1.54, 1.807) is 11.5 Å². The molecule has 1 aromatic heterocycles. The Kier molecular flexibility index (Phi) is 4.23. The highest BCUT2D eigenvalue weighted by molar-refractivity contribution is 7.71. The predicted molar refractivity (Wildman–Crippen MR) is 116 cm³/mol. The lowest BCUT2D eigenvalue weighted by Gasteiger charge is -2.34. The molecule has 2 heterocycles. The van der Waals surface area contributed by atoms with Crippen LogP contribution in [0.3, 0.4) is 0 Å². The van der Waals surface area contributed by atoms with Crippen molar-refractivity contribution in [1.29, 1.82) is 0 Å². The molecule has 0 saturated heterocycles. The van der Waals surface area contributed by atoms with Crippen molar-refractivity contribution in [2.75, 3.05) is 5.32 Å². The average molecular weight is 421 g/mol. The number of fused-ring (bicyclic) bond motifs is 3. The zero-order chi connectivity index (χ0) is 18.8. The Labute approximate surface area is 172 Å². The highest BCUT2D eigenvalue weighted by Gasteiger charge is 2.35. The van der Waals surface area contributed by atoms with Crippen molar-refractivity contribution in [2.45, 2.75) is 33.2 Å². The fourth-order valence-electron chi connectivity index (χ4n) is 3.52. The lowest BCUT2D eigenvalue weighted by Crippen LogP contribution is -2.31. The molecule has 0 amide bonds. The number of aromatic nitrogens is 1. The summed E-state index contributed by atoms with van der Waals surface area (Å²) in [5, 5.41) is 4.78. The molecule has 0 fully saturated rings. The van der Waals surface area contributed by atoms with Crippen molar-refractivity contribution in [1.82, 2.24) is 3.96 Å². The van der Waals surface area contributed by atoms with Gasteiger partial charge in [-0.15, -0.1) is 0 Å². The molecular formula is C20H18Cl2N2S2. The molecule has 0 spiro atoms. The van der Waals surface area contributed by atoms with Gasteiger partial charge in [-0.05, 0) is 57.5 Å². The number of anilines is 1. The second-order valence-corrected chi connectivity index (χ2v) is 9.40. The van der Waals surface area contributed by atoms with Crippen molar-refractivity contribution < 1.29 is 0 Å². The first-order valence-electron chi connectivity index (χ1n) is 8.31. The van der Waals surface area contributed by atoms with E-state index in [0.717, 1.165) is 15.9 Å². The van der Waals surface area contributed by atoms with Gasteiger partial charge in [-0.1, -0.05) is 58.6 Å². The fourth-order valence-corrected chi connectivity index (χ4v) is 5.46. The summed E-state index contributed by atoms with van der Waals surface area (Å²) in [6.07, 6.45) is 0. The van der Waals surface area contributed by atoms with E-state index >= 15 is 0 Å². The zero-order valence-corrected chi connectivity index (χ0v) is 18.1. The summed E-state index contributed by atoms with van der Waals surface area (Å²) in [6.45, 7) is 8.65. The summed E-state index contributed by atoms with van der Waals surface area (Å²) < 4.78 is 2.88. The minimum atomic E-state index is -0.206. The normalized spacial score (nSPS) is 14.5. The largest absolute Gasteiger partial charge is 0.374 e. The Morgan fingerprint density at radius 2 is 1.81 bits per heavy atom. The molecule has 2 nitrogen and oxygen atoms in total. The van der Waals surface area contributed by atoms with Gasteiger partial charge in [-0.3, -0.25) is 3.96 Å². The third kappa shape index (κ3) is 2.71. The minimum absolute atomic E-state index is 0.206. The minimum Gasteiger partial charge on any atom is -0.374 e. The van der Waals surface area contributed by atoms with Crippen LogP contribution in [0.5, 0.6) is 0 Å². The van der Waals surface area contributed by atoms with Crippen molar-refractivity contribution in [2.24, 2.45) is 0 Å². The summed E-state index contributed by atoms with van der Waals surface area (Å²) in [5.41, 5.74) is 6.68. The molecule has 3 aromatic rings. The molecule has 6 heteroatoms. The second kappa shape index (κ2) is 6.10. The molecule has 0 atom stereocenters. The summed E-state index contributed by atoms with van der Waals surface area (Å²) in [7, 11) is 0. The monoisotopic (exact) mass is 420 g/mol. The van der Waals surface area contributed by atoms with Gasteiger partial charge in [0.15, 0.2) is 0 Å². The number of halogens is 2. The Balaban J connectivity index is 2.04. The maximum Gasteiger partial charge on any atom is 0.129 e. The van der Waals surface area contributed by atoms with E-state index in [9.17, 15) is 0 Å². The molecule has 0 aliphatic carbocycles. The lowest BCUT2D eigenvalue weighted by atomic mass is 9.87. The van der Waals surface area contributed by atoms with Gasteiger partial charge in [0.1, 0.15) is 4.64 Å². The number of hydrogen-bond donors (Lipinski definition) is 1. The first-order valence-corrected chi connectivity index (χ1v) is 10.2. The second-order valence-electron chi connectivity index (χ2n) is 7.25. The number of hydrogen-bond acceptors (Lipinski definition) is 3. The van der Waals surface area contributed by atoms with E-state index in [0.29, 0.717) is 10.0 Å². The van der Waals surface area contributed by atoms with Crippen LogP contribution in [-0.2, 0) is 5.54 Å². The van der Waals surface area contributed by atoms with Gasteiger partial charge in [-0.2, -0.15) is 0 Å². The Morgan fingerprint density at radius 3 is 2.50 bits per heavy atom. The van der Waals surface area contributed by atoms with Crippen molar-refractivity contribution >= 4 is 52.6 Å². The van der Waals surface area contributed by atoms with Crippen LogP contribution in [0.1, 0.15) is 29.9 Å². The highest BCUT2D eigenvalue weighted by Crippen LogP contribution is 2.49. The van der Waals surface area contributed by atoms with Gasteiger partial charge in [0.05, 0.1) is 26.1 Å². The smallest absolute Gasteiger partial charge is 0.129 e. The first kappa shape index (κ1) is 18.1. The van der Waals surface area contributed by atoms with Crippen LogP contribution in [-0.4, -0.2) is 3.96 Å². The summed E-state index contributed by atoms with van der Waals surface area (Å²) >= 11 is 19.9. The van der Waals surface area contributed by atoms with Crippen molar-refractivity contribution in [3.8, 4) is 16.8 Å². The zero-order valence-electron chi connectivity index (χ0n) is 14.9. The van der Waals surface area contributed by atoms with Crippen LogP contribution in [0.25, 0.3) is 16.8 Å². The third-order valence-corrected chi connectivity index (χ3v) is 7.41. The molecule has 1 aliphatic rings. The fraction of sp³-hybridized carbons (Fsp3) is 0.250. The maximum atomic E-state index is 6.23. The van der Waals surface area contributed by atoms with Crippen LogP contribution in [0, 0.1) is 18.5 Å². The third-order valence-electron chi connectivity index (χ3n) is 4.70. The maximum absolute atomic E-state index is 6.23. The molecule has 0 bridgehead atoms. The predicted octanol–water partition coefficient (Wildman–Crippen LogP) is 7.52. The van der Waals surface area contributed by atoms with Gasteiger partial charge in [0.25, 0.3) is 0 Å². The SMILES string of the molecule is Cc1cc(C)c2c(c1)-c1c(sn(-c3ccc(Cl)c(Cl)c3)c1=S)C(C)(C)N2. The summed E-state index contributed by atoms with van der Waals surface area (Å²) in [4.78, 5) is 1.23. The molecule has 2 aromatic carbocycles. The topological polar surface area (TPSA) is 17.0 Å². The Morgan fingerprint density at radius 1 is 1.08 bits per heavy atom. The van der Waals surface area contributed by atoms with Gasteiger partial charge in [0.2, 0.25) is 0 Å². The molecule has 4 rings (SSSR count). The van der Waals surface area contributed by atoms with Crippen LogP contribution < -0.4 is 5.32 Å². The molecule has 0 radical (unpaired) electrons. The molecule has 1 aliphatic heterocycles. The van der Waals surface area contributed by atoms with Crippen LogP contribution in [0.2, 0.25) is 10.0 Å². The number of rotatable bonds is 1. The van der Waals surface area contributed by atoms with Crippen LogP contribution >= 0.6 is 47.0 Å². The van der Waals surface area contributed by atoms with Crippen molar-refractivity contribution in [3.05, 3.63) is 61.0 Å². The van der Waals surface area contributed by atoms with E-state index in [1.807, 2.05) is 18.2 Å². The summed E-state index contributed by atoms with van der Waals surface area (Å²) in [6, 6.07) is 10.0. The van der Waals surface area contributed by atoms with E-state index in [1.165, 1.54) is 27.3 Å². The van der Waals surface area contributed by atoms with Gasteiger partial charge in [-0.25, -0.2) is 0 Å². The lowest BCUT2D eigenvalue weighted by molar-refractivity contribution is 0.619. The molecule has 0 unspecified atom stereocenters. The first-order chi connectivity index (χ1) is 12.2. The standard InChI is InChI=1S/C20H18Cl2N2S2/c1-10-7-11(2)17-13(8-10)16-18(20(3,4)23-17)26-24(19(16)25)12-5-6-14(21)15(22)9-12/h5-9,23H,1-4H3. The van der Waals surface area contributed by atoms with Crippen LogP contribution in [0.15, 0.2) is 30.3 Å². The average Bonchev–Trinajstić information content (AvgIpc) is 2.90. The summed E-state index contributed by atoms with van der Waals surface area (Å²) in [5.74, 6) is 0. The molecule has 1 N–H and O–H groups in total.